The van der Waals surface area contributed by atoms with Crippen LogP contribution in [0.5, 0.6) is 0 Å². The molecule has 0 aromatic carbocycles. The molecule has 0 unspecified atom stereocenters. The van der Waals surface area contributed by atoms with Gasteiger partial charge in [-0.25, -0.2) is 0 Å². The van der Waals surface area contributed by atoms with Crippen molar-refractivity contribution in [2.75, 3.05) is 13.7 Å². The quantitative estimate of drug-likeness (QED) is 0.627. The SMILES string of the molecule is CC#CCNC(=O)C(C)(C)OC. The molecule has 0 spiro atoms. The van der Waals surface area contributed by atoms with Crippen LogP contribution in [-0.2, 0) is 9.53 Å². The lowest BCUT2D eigenvalue weighted by Crippen LogP contribution is -2.43. The molecule has 0 rings (SSSR count). The lowest BCUT2D eigenvalue weighted by atomic mass is 10.1. The molecule has 0 aromatic rings. The third kappa shape index (κ3) is 3.40. The van der Waals surface area contributed by atoms with Gasteiger partial charge in [0, 0.05) is 7.11 Å². The van der Waals surface area contributed by atoms with Crippen LogP contribution >= 0.6 is 0 Å². The zero-order valence-electron chi connectivity index (χ0n) is 8.02. The lowest BCUT2D eigenvalue weighted by molar-refractivity contribution is -0.139. The first-order chi connectivity index (χ1) is 5.54. The van der Waals surface area contributed by atoms with E-state index in [1.54, 1.807) is 20.8 Å². The normalized spacial score (nSPS) is 10.0. The Kier molecular flexibility index (Phi) is 4.38. The van der Waals surface area contributed by atoms with Gasteiger partial charge in [-0.2, -0.15) is 0 Å². The first kappa shape index (κ1) is 11.0. The molecule has 0 aliphatic carbocycles. The fourth-order valence-electron chi connectivity index (χ4n) is 0.518. The lowest BCUT2D eigenvalue weighted by Gasteiger charge is -2.20. The van der Waals surface area contributed by atoms with E-state index in [0.717, 1.165) is 0 Å². The van der Waals surface area contributed by atoms with E-state index in [2.05, 4.69) is 17.2 Å². The predicted molar refractivity (Wildman–Crippen MR) is 47.5 cm³/mol. The molecule has 1 amide bonds. The number of carbonyl (C=O) groups is 1. The average Bonchev–Trinajstić information content (AvgIpc) is 2.05. The summed E-state index contributed by atoms with van der Waals surface area (Å²) in [7, 11) is 1.51. The number of methoxy groups -OCH3 is 1. The van der Waals surface area contributed by atoms with E-state index in [9.17, 15) is 4.79 Å². The zero-order valence-corrected chi connectivity index (χ0v) is 8.02. The molecule has 12 heavy (non-hydrogen) atoms. The number of amides is 1. The molecule has 0 aliphatic rings. The fourth-order valence-corrected chi connectivity index (χ4v) is 0.518. The summed E-state index contributed by atoms with van der Waals surface area (Å²) in [6, 6.07) is 0. The van der Waals surface area contributed by atoms with Gasteiger partial charge in [0.1, 0.15) is 5.60 Å². The maximum atomic E-state index is 11.3. The molecule has 0 heterocycles. The van der Waals surface area contributed by atoms with Crippen LogP contribution in [0.3, 0.4) is 0 Å². The topological polar surface area (TPSA) is 38.3 Å². The molecule has 0 bridgehead atoms. The van der Waals surface area contributed by atoms with Crippen molar-refractivity contribution in [1.29, 1.82) is 0 Å². The van der Waals surface area contributed by atoms with Crippen LogP contribution in [0.1, 0.15) is 20.8 Å². The molecular formula is C9H15NO2. The Morgan fingerprint density at radius 3 is 2.58 bits per heavy atom. The van der Waals surface area contributed by atoms with Crippen LogP contribution in [-0.4, -0.2) is 25.2 Å². The van der Waals surface area contributed by atoms with E-state index < -0.39 is 5.60 Å². The van der Waals surface area contributed by atoms with Crippen LogP contribution in [0, 0.1) is 11.8 Å². The Hall–Kier alpha value is -1.01. The highest BCUT2D eigenvalue weighted by Gasteiger charge is 2.25. The van der Waals surface area contributed by atoms with Gasteiger partial charge in [0.15, 0.2) is 0 Å². The van der Waals surface area contributed by atoms with Crippen molar-refractivity contribution in [2.24, 2.45) is 0 Å². The summed E-state index contributed by atoms with van der Waals surface area (Å²) in [4.78, 5) is 11.3. The van der Waals surface area contributed by atoms with Gasteiger partial charge in [-0.3, -0.25) is 4.79 Å². The van der Waals surface area contributed by atoms with Crippen molar-refractivity contribution in [1.82, 2.24) is 5.32 Å². The molecule has 3 nitrogen and oxygen atoms in total. The summed E-state index contributed by atoms with van der Waals surface area (Å²) in [5, 5.41) is 2.64. The first-order valence-electron chi connectivity index (χ1n) is 3.77. The van der Waals surface area contributed by atoms with Crippen molar-refractivity contribution in [3.8, 4) is 11.8 Å². The Morgan fingerprint density at radius 1 is 1.58 bits per heavy atom. The molecule has 0 aliphatic heterocycles. The van der Waals surface area contributed by atoms with Crippen molar-refractivity contribution in [3.05, 3.63) is 0 Å². The molecule has 0 atom stereocenters. The minimum absolute atomic E-state index is 0.146. The van der Waals surface area contributed by atoms with Crippen molar-refractivity contribution < 1.29 is 9.53 Å². The molecule has 0 aromatic heterocycles. The zero-order chi connectivity index (χ0) is 9.61. The number of nitrogens with one attached hydrogen (secondary N) is 1. The molecule has 68 valence electrons. The Labute approximate surface area is 73.5 Å². The average molecular weight is 169 g/mol. The summed E-state index contributed by atoms with van der Waals surface area (Å²) < 4.78 is 4.97. The van der Waals surface area contributed by atoms with Crippen LogP contribution in [0.4, 0.5) is 0 Å². The van der Waals surface area contributed by atoms with Gasteiger partial charge >= 0.3 is 0 Å². The second kappa shape index (κ2) is 4.78. The summed E-state index contributed by atoms with van der Waals surface area (Å²) in [5.41, 5.74) is -0.768. The largest absolute Gasteiger partial charge is 0.369 e. The van der Waals surface area contributed by atoms with E-state index in [4.69, 9.17) is 4.74 Å². The number of ether oxygens (including phenoxy) is 1. The summed E-state index contributed by atoms with van der Waals surface area (Å²) in [5.74, 6) is 5.28. The minimum atomic E-state index is -0.768. The highest BCUT2D eigenvalue weighted by Crippen LogP contribution is 2.05. The highest BCUT2D eigenvalue weighted by atomic mass is 16.5. The predicted octanol–water partition coefficient (Wildman–Crippen LogP) is 0.551. The fraction of sp³-hybridized carbons (Fsp3) is 0.667. The summed E-state index contributed by atoms with van der Waals surface area (Å²) >= 11 is 0. The van der Waals surface area contributed by atoms with Gasteiger partial charge < -0.3 is 10.1 Å². The van der Waals surface area contributed by atoms with Crippen molar-refractivity contribution in [3.63, 3.8) is 0 Å². The highest BCUT2D eigenvalue weighted by molar-refractivity contribution is 5.84. The van der Waals surface area contributed by atoms with Crippen LogP contribution in [0.15, 0.2) is 0 Å². The van der Waals surface area contributed by atoms with E-state index >= 15 is 0 Å². The third-order valence-corrected chi connectivity index (χ3v) is 1.57. The van der Waals surface area contributed by atoms with Gasteiger partial charge in [0.05, 0.1) is 6.54 Å². The van der Waals surface area contributed by atoms with Gasteiger partial charge in [-0.15, -0.1) is 5.92 Å². The molecular weight excluding hydrogens is 154 g/mol. The molecule has 0 fully saturated rings. The summed E-state index contributed by atoms with van der Waals surface area (Å²) in [6.45, 7) is 5.53. The monoisotopic (exact) mass is 169 g/mol. The maximum Gasteiger partial charge on any atom is 0.252 e. The second-order valence-electron chi connectivity index (χ2n) is 2.82. The Bertz CT molecular complexity index is 210. The first-order valence-corrected chi connectivity index (χ1v) is 3.77. The second-order valence-corrected chi connectivity index (χ2v) is 2.82. The molecule has 0 radical (unpaired) electrons. The van der Waals surface area contributed by atoms with Crippen LogP contribution in [0.25, 0.3) is 0 Å². The van der Waals surface area contributed by atoms with E-state index in [1.165, 1.54) is 7.11 Å². The number of hydrogen-bond donors (Lipinski definition) is 1. The van der Waals surface area contributed by atoms with Gasteiger partial charge in [-0.05, 0) is 20.8 Å². The molecule has 0 saturated carbocycles. The number of carbonyl (C=O) groups excluding carboxylic acids is 1. The summed E-state index contributed by atoms with van der Waals surface area (Å²) in [6.07, 6.45) is 0. The minimum Gasteiger partial charge on any atom is -0.369 e. The Morgan fingerprint density at radius 2 is 2.17 bits per heavy atom. The van der Waals surface area contributed by atoms with Crippen LogP contribution in [0.2, 0.25) is 0 Å². The van der Waals surface area contributed by atoms with E-state index in [1.807, 2.05) is 0 Å². The molecule has 0 saturated heterocycles. The molecule has 1 N–H and O–H groups in total. The van der Waals surface area contributed by atoms with E-state index in [0.29, 0.717) is 6.54 Å². The Balaban J connectivity index is 3.93. The van der Waals surface area contributed by atoms with E-state index in [-0.39, 0.29) is 5.91 Å². The van der Waals surface area contributed by atoms with Gasteiger partial charge in [-0.1, -0.05) is 5.92 Å². The van der Waals surface area contributed by atoms with Crippen molar-refractivity contribution >= 4 is 5.91 Å². The standard InChI is InChI=1S/C9H15NO2/c1-5-6-7-10-8(11)9(2,3)12-4/h7H2,1-4H3,(H,10,11). The molecule has 3 heteroatoms. The van der Waals surface area contributed by atoms with Gasteiger partial charge in [0.2, 0.25) is 0 Å². The van der Waals surface area contributed by atoms with Gasteiger partial charge in [0.25, 0.3) is 5.91 Å². The van der Waals surface area contributed by atoms with Crippen molar-refractivity contribution in [2.45, 2.75) is 26.4 Å². The number of rotatable bonds is 3. The smallest absolute Gasteiger partial charge is 0.252 e. The number of hydrogen-bond acceptors (Lipinski definition) is 2. The van der Waals surface area contributed by atoms with Crippen LogP contribution < -0.4 is 5.32 Å². The maximum absolute atomic E-state index is 11.3. The third-order valence-electron chi connectivity index (χ3n) is 1.57.